The van der Waals surface area contributed by atoms with Crippen LogP contribution in [0.25, 0.3) is 5.69 Å². The van der Waals surface area contributed by atoms with Crippen molar-refractivity contribution >= 4 is 0 Å². The molecule has 0 fully saturated rings. The topological polar surface area (TPSA) is 54.5 Å². The van der Waals surface area contributed by atoms with Gasteiger partial charge >= 0.3 is 0 Å². The number of benzene rings is 1. The highest BCUT2D eigenvalue weighted by Gasteiger charge is 2.05. The first-order valence-electron chi connectivity index (χ1n) is 3.87. The Morgan fingerprint density at radius 3 is 2.93 bits per heavy atom. The van der Waals surface area contributed by atoms with Gasteiger partial charge in [0.2, 0.25) is 0 Å². The molecule has 4 nitrogen and oxygen atoms in total. The van der Waals surface area contributed by atoms with E-state index in [1.807, 2.05) is 6.07 Å². The maximum Gasteiger partial charge on any atom is 0.125 e. The summed E-state index contributed by atoms with van der Waals surface area (Å²) in [5.74, 6) is -0.408. The molecule has 14 heavy (non-hydrogen) atoms. The number of nitriles is 1. The van der Waals surface area contributed by atoms with Crippen LogP contribution in [0.4, 0.5) is 4.39 Å². The summed E-state index contributed by atoms with van der Waals surface area (Å²) in [6, 6.07) is 5.84. The third-order valence-corrected chi connectivity index (χ3v) is 1.75. The maximum atomic E-state index is 12.9. The molecule has 1 heterocycles. The third kappa shape index (κ3) is 1.33. The molecule has 68 valence electrons. The first kappa shape index (κ1) is 8.38. The molecular weight excluding hydrogens is 183 g/mol. The summed E-state index contributed by atoms with van der Waals surface area (Å²) in [6.07, 6.45) is 3.02. The lowest BCUT2D eigenvalue weighted by Crippen LogP contribution is -1.99. The Hall–Kier alpha value is -2.22. The molecule has 2 aromatic rings. The lowest BCUT2D eigenvalue weighted by molar-refractivity contribution is 0.624. The largest absolute Gasteiger partial charge is 0.219 e. The normalized spacial score (nSPS) is 9.71. The van der Waals surface area contributed by atoms with E-state index in [-0.39, 0.29) is 0 Å². The molecule has 0 bridgehead atoms. The van der Waals surface area contributed by atoms with E-state index in [0.717, 1.165) is 0 Å². The van der Waals surface area contributed by atoms with Crippen LogP contribution in [0.5, 0.6) is 0 Å². The number of nitrogens with zero attached hydrogens (tertiary/aromatic N) is 4. The van der Waals surface area contributed by atoms with E-state index in [4.69, 9.17) is 5.26 Å². The maximum absolute atomic E-state index is 12.9. The zero-order valence-corrected chi connectivity index (χ0v) is 7.05. The standard InChI is InChI=1S/C9H5FN4/c10-8-2-1-7(6-11)9(5-8)14-4-3-12-13-14/h1-5H. The average molecular weight is 188 g/mol. The molecule has 0 saturated heterocycles. The minimum absolute atomic E-state index is 0.358. The first-order chi connectivity index (χ1) is 6.81. The number of hydrogen-bond acceptors (Lipinski definition) is 3. The van der Waals surface area contributed by atoms with Crippen molar-refractivity contribution in [3.8, 4) is 11.8 Å². The quantitative estimate of drug-likeness (QED) is 0.677. The lowest BCUT2D eigenvalue weighted by Gasteiger charge is -2.01. The zero-order valence-electron chi connectivity index (χ0n) is 7.05. The molecule has 0 N–H and O–H groups in total. The highest BCUT2D eigenvalue weighted by atomic mass is 19.1. The van der Waals surface area contributed by atoms with E-state index in [0.29, 0.717) is 11.3 Å². The van der Waals surface area contributed by atoms with Gasteiger partial charge in [-0.3, -0.25) is 0 Å². The summed E-state index contributed by atoms with van der Waals surface area (Å²) in [7, 11) is 0. The van der Waals surface area contributed by atoms with Crippen molar-refractivity contribution in [3.05, 3.63) is 42.0 Å². The Labute approximate surface area is 79.2 Å². The second-order valence-electron chi connectivity index (χ2n) is 2.62. The van der Waals surface area contributed by atoms with Crippen LogP contribution in [0, 0.1) is 17.1 Å². The SMILES string of the molecule is N#Cc1ccc(F)cc1-n1ccnn1. The van der Waals surface area contributed by atoms with Gasteiger partial charge in [0.15, 0.2) is 0 Å². The van der Waals surface area contributed by atoms with Gasteiger partial charge in [-0.2, -0.15) is 5.26 Å². The number of hydrogen-bond donors (Lipinski definition) is 0. The minimum Gasteiger partial charge on any atom is -0.219 e. The van der Waals surface area contributed by atoms with Gasteiger partial charge in [-0.15, -0.1) is 5.10 Å². The van der Waals surface area contributed by atoms with Crippen LogP contribution in [-0.4, -0.2) is 15.0 Å². The molecule has 0 atom stereocenters. The number of halogens is 1. The summed E-state index contributed by atoms with van der Waals surface area (Å²) in [4.78, 5) is 0. The Morgan fingerprint density at radius 1 is 1.43 bits per heavy atom. The lowest BCUT2D eigenvalue weighted by atomic mass is 10.2. The molecular formula is C9H5FN4. The van der Waals surface area contributed by atoms with Gasteiger partial charge in [0.05, 0.1) is 23.6 Å². The summed E-state index contributed by atoms with van der Waals surface area (Å²) in [5.41, 5.74) is 0.752. The van der Waals surface area contributed by atoms with Gasteiger partial charge in [-0.05, 0) is 12.1 Å². The number of aromatic nitrogens is 3. The Morgan fingerprint density at radius 2 is 2.29 bits per heavy atom. The van der Waals surface area contributed by atoms with Gasteiger partial charge < -0.3 is 0 Å². The molecule has 0 unspecified atom stereocenters. The minimum atomic E-state index is -0.408. The van der Waals surface area contributed by atoms with Crippen LogP contribution in [0.15, 0.2) is 30.6 Å². The average Bonchev–Trinajstić information content (AvgIpc) is 2.70. The molecule has 1 aromatic carbocycles. The number of rotatable bonds is 1. The molecule has 0 spiro atoms. The molecule has 0 aliphatic carbocycles. The van der Waals surface area contributed by atoms with Crippen molar-refractivity contribution in [2.75, 3.05) is 0 Å². The summed E-state index contributed by atoms with van der Waals surface area (Å²) >= 11 is 0. The fourth-order valence-corrected chi connectivity index (χ4v) is 1.13. The van der Waals surface area contributed by atoms with Crippen LogP contribution < -0.4 is 0 Å². The van der Waals surface area contributed by atoms with Crippen molar-refractivity contribution in [1.82, 2.24) is 15.0 Å². The summed E-state index contributed by atoms with van der Waals surface area (Å²) in [6.45, 7) is 0. The monoisotopic (exact) mass is 188 g/mol. The Kier molecular flexibility index (Phi) is 1.95. The summed E-state index contributed by atoms with van der Waals surface area (Å²) < 4.78 is 14.3. The van der Waals surface area contributed by atoms with Crippen molar-refractivity contribution < 1.29 is 4.39 Å². The van der Waals surface area contributed by atoms with Crippen molar-refractivity contribution in [2.24, 2.45) is 0 Å². The van der Waals surface area contributed by atoms with Gasteiger partial charge in [0.1, 0.15) is 11.9 Å². The molecule has 1 aromatic heterocycles. The van der Waals surface area contributed by atoms with Crippen LogP contribution in [0.1, 0.15) is 5.56 Å². The molecule has 0 aliphatic rings. The summed E-state index contributed by atoms with van der Waals surface area (Å²) in [5, 5.41) is 16.0. The van der Waals surface area contributed by atoms with Gasteiger partial charge in [-0.1, -0.05) is 5.21 Å². The molecule has 0 radical (unpaired) electrons. The van der Waals surface area contributed by atoms with E-state index in [1.54, 1.807) is 6.20 Å². The molecule has 0 aliphatic heterocycles. The van der Waals surface area contributed by atoms with Gasteiger partial charge in [0.25, 0.3) is 0 Å². The van der Waals surface area contributed by atoms with Crippen molar-refractivity contribution in [3.63, 3.8) is 0 Å². The van der Waals surface area contributed by atoms with Gasteiger partial charge in [-0.25, -0.2) is 9.07 Å². The van der Waals surface area contributed by atoms with E-state index in [1.165, 1.54) is 29.1 Å². The van der Waals surface area contributed by atoms with Crippen LogP contribution in [-0.2, 0) is 0 Å². The highest BCUT2D eigenvalue weighted by Crippen LogP contribution is 2.13. The predicted octanol–water partition coefficient (Wildman–Crippen LogP) is 1.28. The van der Waals surface area contributed by atoms with Crippen molar-refractivity contribution in [2.45, 2.75) is 0 Å². The Balaban J connectivity index is 2.63. The Bertz CT molecular complexity index is 484. The van der Waals surface area contributed by atoms with Gasteiger partial charge in [0, 0.05) is 6.07 Å². The zero-order chi connectivity index (χ0) is 9.97. The smallest absolute Gasteiger partial charge is 0.125 e. The first-order valence-corrected chi connectivity index (χ1v) is 3.87. The fraction of sp³-hybridized carbons (Fsp3) is 0. The second-order valence-corrected chi connectivity index (χ2v) is 2.62. The third-order valence-electron chi connectivity index (χ3n) is 1.75. The molecule has 5 heteroatoms. The second kappa shape index (κ2) is 3.26. The fourth-order valence-electron chi connectivity index (χ4n) is 1.13. The highest BCUT2D eigenvalue weighted by molar-refractivity contribution is 5.48. The van der Waals surface area contributed by atoms with E-state index >= 15 is 0 Å². The van der Waals surface area contributed by atoms with E-state index in [2.05, 4.69) is 10.3 Å². The van der Waals surface area contributed by atoms with Crippen LogP contribution in [0.2, 0.25) is 0 Å². The molecule has 2 rings (SSSR count). The molecule has 0 amide bonds. The van der Waals surface area contributed by atoms with Crippen LogP contribution >= 0.6 is 0 Å². The van der Waals surface area contributed by atoms with E-state index < -0.39 is 5.82 Å². The van der Waals surface area contributed by atoms with Crippen LogP contribution in [0.3, 0.4) is 0 Å². The molecule has 0 saturated carbocycles. The van der Waals surface area contributed by atoms with Crippen molar-refractivity contribution in [1.29, 1.82) is 5.26 Å². The van der Waals surface area contributed by atoms with E-state index in [9.17, 15) is 4.39 Å². The predicted molar refractivity (Wildman–Crippen MR) is 46.0 cm³/mol.